The molecule has 3 heterocycles. The van der Waals surface area contributed by atoms with Crippen LogP contribution in [-0.4, -0.2) is 48.6 Å². The van der Waals surface area contributed by atoms with E-state index < -0.39 is 0 Å². The Morgan fingerprint density at radius 3 is 2.76 bits per heavy atom. The number of imide groups is 1. The zero-order chi connectivity index (χ0) is 20.5. The fraction of sp³-hybridized carbons (Fsp3) is 0.333. The number of piperidine rings is 1. The van der Waals surface area contributed by atoms with Gasteiger partial charge in [-0.1, -0.05) is 17.7 Å². The standard InChI is InChI=1S/C21H21ClN2O4S/c1-28-16-7-6-14(10-15(16)22)24-20(26)18(17-5-3-9-29-17)19(21(24)27)23-8-2-4-13(11-23)12-25/h3,5-7,9-10,13,25H,2,4,8,11-12H2,1H3. The predicted octanol–water partition coefficient (Wildman–Crippen LogP) is 3.40. The number of nitrogens with zero attached hydrogens (tertiary/aromatic N) is 2. The average molecular weight is 433 g/mol. The van der Waals surface area contributed by atoms with Crippen molar-refractivity contribution < 1.29 is 19.4 Å². The Morgan fingerprint density at radius 2 is 2.10 bits per heavy atom. The molecule has 29 heavy (non-hydrogen) atoms. The van der Waals surface area contributed by atoms with E-state index >= 15 is 0 Å². The van der Waals surface area contributed by atoms with E-state index in [0.717, 1.165) is 17.7 Å². The first-order chi connectivity index (χ1) is 14.0. The summed E-state index contributed by atoms with van der Waals surface area (Å²) < 4.78 is 5.18. The number of carbonyl (C=O) groups excluding carboxylic acids is 2. The van der Waals surface area contributed by atoms with Gasteiger partial charge < -0.3 is 14.7 Å². The molecule has 1 unspecified atom stereocenters. The number of carbonyl (C=O) groups is 2. The Labute approximate surface area is 177 Å². The molecule has 2 amide bonds. The van der Waals surface area contributed by atoms with Crippen molar-refractivity contribution in [3.63, 3.8) is 0 Å². The maximum atomic E-state index is 13.5. The monoisotopic (exact) mass is 432 g/mol. The smallest absolute Gasteiger partial charge is 0.282 e. The Hall–Kier alpha value is -2.35. The second-order valence-corrected chi connectivity index (χ2v) is 8.46. The third-order valence-electron chi connectivity index (χ3n) is 5.31. The molecular weight excluding hydrogens is 412 g/mol. The second-order valence-electron chi connectivity index (χ2n) is 7.10. The third-order valence-corrected chi connectivity index (χ3v) is 6.50. The number of amides is 2. The number of benzene rings is 1. The van der Waals surface area contributed by atoms with Gasteiger partial charge in [0.15, 0.2) is 0 Å². The largest absolute Gasteiger partial charge is 0.495 e. The minimum atomic E-state index is -0.363. The molecule has 2 aliphatic heterocycles. The lowest BCUT2D eigenvalue weighted by atomic mass is 9.98. The molecule has 8 heteroatoms. The summed E-state index contributed by atoms with van der Waals surface area (Å²) in [6.45, 7) is 1.30. The van der Waals surface area contributed by atoms with Crippen molar-refractivity contribution in [1.82, 2.24) is 4.90 Å². The van der Waals surface area contributed by atoms with Gasteiger partial charge in [0.05, 0.1) is 23.4 Å². The number of likely N-dealkylation sites (tertiary alicyclic amines) is 1. The van der Waals surface area contributed by atoms with Crippen molar-refractivity contribution in [2.75, 3.05) is 31.7 Å². The minimum absolute atomic E-state index is 0.0675. The molecule has 1 N–H and O–H groups in total. The number of hydrogen-bond donors (Lipinski definition) is 1. The molecule has 2 aliphatic rings. The summed E-state index contributed by atoms with van der Waals surface area (Å²) in [5.41, 5.74) is 1.23. The topological polar surface area (TPSA) is 70.1 Å². The minimum Gasteiger partial charge on any atom is -0.495 e. The highest BCUT2D eigenvalue weighted by atomic mass is 35.5. The quantitative estimate of drug-likeness (QED) is 0.733. The highest BCUT2D eigenvalue weighted by Gasteiger charge is 2.43. The van der Waals surface area contributed by atoms with E-state index in [-0.39, 0.29) is 24.3 Å². The zero-order valence-corrected chi connectivity index (χ0v) is 17.5. The number of aliphatic hydroxyl groups excluding tert-OH is 1. The number of ether oxygens (including phenoxy) is 1. The summed E-state index contributed by atoms with van der Waals surface area (Å²) in [6, 6.07) is 8.58. The summed E-state index contributed by atoms with van der Waals surface area (Å²) in [5, 5.41) is 11.8. The van der Waals surface area contributed by atoms with E-state index in [1.54, 1.807) is 18.2 Å². The molecule has 0 aliphatic carbocycles. The van der Waals surface area contributed by atoms with E-state index in [2.05, 4.69) is 0 Å². The number of thiophene rings is 1. The first kappa shape index (κ1) is 19.9. The van der Waals surface area contributed by atoms with Crippen LogP contribution in [0, 0.1) is 5.92 Å². The molecule has 0 spiro atoms. The normalized spacial score (nSPS) is 20.0. The van der Waals surface area contributed by atoms with Gasteiger partial charge in [0.1, 0.15) is 11.4 Å². The number of methoxy groups -OCH3 is 1. The van der Waals surface area contributed by atoms with Crippen LogP contribution in [0.3, 0.4) is 0 Å². The highest BCUT2D eigenvalue weighted by Crippen LogP contribution is 2.39. The van der Waals surface area contributed by atoms with E-state index in [0.29, 0.717) is 40.8 Å². The van der Waals surface area contributed by atoms with Crippen molar-refractivity contribution in [3.8, 4) is 5.75 Å². The molecule has 2 aromatic rings. The molecule has 0 bridgehead atoms. The molecule has 1 atom stereocenters. The van der Waals surface area contributed by atoms with E-state index in [9.17, 15) is 14.7 Å². The maximum Gasteiger partial charge on any atom is 0.282 e. The molecule has 6 nitrogen and oxygen atoms in total. The Bertz CT molecular complexity index is 973. The maximum absolute atomic E-state index is 13.5. The molecule has 0 radical (unpaired) electrons. The van der Waals surface area contributed by atoms with Gasteiger partial charge >= 0.3 is 0 Å². The van der Waals surface area contributed by atoms with Crippen LogP contribution in [-0.2, 0) is 9.59 Å². The average Bonchev–Trinajstić information content (AvgIpc) is 3.34. The third kappa shape index (κ3) is 3.54. The SMILES string of the molecule is COc1ccc(N2C(=O)C(c3cccs3)=C(N3CCCC(CO)C3)C2=O)cc1Cl. The summed E-state index contributed by atoms with van der Waals surface area (Å²) in [5.74, 6) is -0.158. The van der Waals surface area contributed by atoms with Gasteiger partial charge in [-0.3, -0.25) is 9.59 Å². The van der Waals surface area contributed by atoms with Crippen LogP contribution < -0.4 is 9.64 Å². The number of hydrogen-bond acceptors (Lipinski definition) is 6. The summed E-state index contributed by atoms with van der Waals surface area (Å²) in [7, 11) is 1.51. The van der Waals surface area contributed by atoms with Crippen LogP contribution in [0.25, 0.3) is 5.57 Å². The van der Waals surface area contributed by atoms with Crippen molar-refractivity contribution in [3.05, 3.63) is 51.3 Å². The number of aliphatic hydroxyl groups is 1. The van der Waals surface area contributed by atoms with Crippen molar-refractivity contribution in [2.45, 2.75) is 12.8 Å². The summed E-state index contributed by atoms with van der Waals surface area (Å²) >= 11 is 7.67. The summed E-state index contributed by atoms with van der Waals surface area (Å²) in [6.07, 6.45) is 1.77. The Morgan fingerprint density at radius 1 is 1.28 bits per heavy atom. The zero-order valence-electron chi connectivity index (χ0n) is 15.9. The number of anilines is 1. The van der Waals surface area contributed by atoms with Crippen LogP contribution in [0.4, 0.5) is 5.69 Å². The second kappa shape index (κ2) is 8.18. The fourth-order valence-corrected chi connectivity index (χ4v) is 4.92. The van der Waals surface area contributed by atoms with Gasteiger partial charge in [-0.15, -0.1) is 11.3 Å². The molecule has 152 valence electrons. The molecule has 1 aromatic carbocycles. The summed E-state index contributed by atoms with van der Waals surface area (Å²) in [4.78, 5) is 30.7. The Kier molecular flexibility index (Phi) is 5.63. The molecule has 4 rings (SSSR count). The van der Waals surface area contributed by atoms with E-state index in [4.69, 9.17) is 16.3 Å². The lowest BCUT2D eigenvalue weighted by molar-refractivity contribution is -0.120. The molecular formula is C21H21ClN2O4S. The molecule has 1 fully saturated rings. The van der Waals surface area contributed by atoms with E-state index in [1.807, 2.05) is 22.4 Å². The van der Waals surface area contributed by atoms with Crippen molar-refractivity contribution in [2.24, 2.45) is 5.92 Å². The Balaban J connectivity index is 1.77. The predicted molar refractivity (Wildman–Crippen MR) is 113 cm³/mol. The van der Waals surface area contributed by atoms with Crippen LogP contribution in [0.2, 0.25) is 5.02 Å². The van der Waals surface area contributed by atoms with Crippen LogP contribution in [0.15, 0.2) is 41.4 Å². The molecule has 0 saturated carbocycles. The first-order valence-corrected chi connectivity index (χ1v) is 10.7. The van der Waals surface area contributed by atoms with Gasteiger partial charge in [0, 0.05) is 24.6 Å². The first-order valence-electron chi connectivity index (χ1n) is 9.41. The number of halogens is 1. The van der Waals surface area contributed by atoms with Gasteiger partial charge in [0.2, 0.25) is 0 Å². The van der Waals surface area contributed by atoms with Crippen LogP contribution in [0.5, 0.6) is 5.75 Å². The molecule has 1 saturated heterocycles. The molecule has 1 aromatic heterocycles. The fourth-order valence-electron chi connectivity index (χ4n) is 3.90. The van der Waals surface area contributed by atoms with Crippen molar-refractivity contribution >= 4 is 46.0 Å². The van der Waals surface area contributed by atoms with Gasteiger partial charge in [-0.2, -0.15) is 0 Å². The van der Waals surface area contributed by atoms with Gasteiger partial charge in [0.25, 0.3) is 11.8 Å². The lowest BCUT2D eigenvalue weighted by Gasteiger charge is -2.34. The lowest BCUT2D eigenvalue weighted by Crippen LogP contribution is -2.40. The van der Waals surface area contributed by atoms with Gasteiger partial charge in [-0.05, 0) is 48.4 Å². The van der Waals surface area contributed by atoms with E-state index in [1.165, 1.54) is 23.3 Å². The van der Waals surface area contributed by atoms with Crippen LogP contribution >= 0.6 is 22.9 Å². The van der Waals surface area contributed by atoms with Crippen molar-refractivity contribution in [1.29, 1.82) is 0 Å². The highest BCUT2D eigenvalue weighted by molar-refractivity contribution is 7.11. The van der Waals surface area contributed by atoms with Gasteiger partial charge in [-0.25, -0.2) is 4.90 Å². The van der Waals surface area contributed by atoms with Crippen LogP contribution in [0.1, 0.15) is 17.7 Å². The number of rotatable bonds is 5.